The maximum Gasteiger partial charge on any atom is 0.139 e. The molecule has 0 amide bonds. The topological polar surface area (TPSA) is 64.7 Å². The first-order valence-electron chi connectivity index (χ1n) is 11.4. The number of carbonyl (C=O) groups is 1. The third-order valence-electron chi connectivity index (χ3n) is 9.09. The summed E-state index contributed by atoms with van der Waals surface area (Å²) >= 11 is 0. The van der Waals surface area contributed by atoms with Crippen molar-refractivity contribution >= 4 is 11.5 Å². The van der Waals surface area contributed by atoms with Gasteiger partial charge in [-0.2, -0.15) is 0 Å². The van der Waals surface area contributed by atoms with Crippen LogP contribution in [0.2, 0.25) is 0 Å². The van der Waals surface area contributed by atoms with Crippen molar-refractivity contribution in [2.24, 2.45) is 45.4 Å². The minimum absolute atomic E-state index is 0.00299. The van der Waals surface area contributed by atoms with Crippen LogP contribution in [0.15, 0.2) is 5.16 Å². The van der Waals surface area contributed by atoms with E-state index in [4.69, 9.17) is 10.6 Å². The Morgan fingerprint density at radius 3 is 2.74 bits per heavy atom. The SMILES string of the molecule is C[C@]12CC/C(=N/OCCCCN)CC1CCC1C2CC[C@]2(C)C(=O)CCC12. The fraction of sp³-hybridized carbons (Fsp3) is 0.913. The molecule has 4 aliphatic carbocycles. The van der Waals surface area contributed by atoms with Crippen LogP contribution in [0.25, 0.3) is 0 Å². The van der Waals surface area contributed by atoms with E-state index in [1.165, 1.54) is 31.4 Å². The van der Waals surface area contributed by atoms with Gasteiger partial charge in [0.2, 0.25) is 0 Å². The Hall–Kier alpha value is -0.900. The Labute approximate surface area is 164 Å². The summed E-state index contributed by atoms with van der Waals surface area (Å²) < 4.78 is 0. The smallest absolute Gasteiger partial charge is 0.139 e. The maximum atomic E-state index is 12.5. The van der Waals surface area contributed by atoms with Crippen molar-refractivity contribution in [2.45, 2.75) is 84.5 Å². The van der Waals surface area contributed by atoms with E-state index in [9.17, 15) is 4.79 Å². The van der Waals surface area contributed by atoms with E-state index in [1.54, 1.807) is 0 Å². The molecule has 0 aromatic rings. The van der Waals surface area contributed by atoms with E-state index >= 15 is 0 Å². The summed E-state index contributed by atoms with van der Waals surface area (Å²) in [5, 5.41) is 4.49. The molecule has 0 aromatic heterocycles. The molecule has 4 nitrogen and oxygen atoms in total. The van der Waals surface area contributed by atoms with Crippen molar-refractivity contribution in [3.63, 3.8) is 0 Å². The van der Waals surface area contributed by atoms with Gasteiger partial charge in [0.1, 0.15) is 12.4 Å². The van der Waals surface area contributed by atoms with Gasteiger partial charge in [-0.1, -0.05) is 19.0 Å². The highest BCUT2D eigenvalue weighted by Gasteiger charge is 2.60. The number of rotatable bonds is 5. The number of nitrogens with zero attached hydrogens (tertiary/aromatic N) is 1. The fourth-order valence-electron chi connectivity index (χ4n) is 7.36. The van der Waals surface area contributed by atoms with E-state index in [2.05, 4.69) is 19.0 Å². The normalized spacial score (nSPS) is 45.3. The van der Waals surface area contributed by atoms with Crippen LogP contribution in [0.5, 0.6) is 0 Å². The second-order valence-electron chi connectivity index (χ2n) is 10.3. The summed E-state index contributed by atoms with van der Waals surface area (Å²) in [6, 6.07) is 0. The Balaban J connectivity index is 1.42. The molecule has 6 atom stereocenters. The van der Waals surface area contributed by atoms with E-state index < -0.39 is 0 Å². The Bertz CT molecular complexity index is 603. The van der Waals surface area contributed by atoms with Crippen LogP contribution in [-0.4, -0.2) is 24.6 Å². The summed E-state index contributed by atoms with van der Waals surface area (Å²) in [6.07, 6.45) is 12.5. The predicted molar refractivity (Wildman–Crippen MR) is 108 cm³/mol. The van der Waals surface area contributed by atoms with Crippen LogP contribution in [0.4, 0.5) is 0 Å². The largest absolute Gasteiger partial charge is 0.396 e. The molecule has 0 radical (unpaired) electrons. The van der Waals surface area contributed by atoms with E-state index in [0.29, 0.717) is 23.7 Å². The molecule has 4 rings (SSSR count). The van der Waals surface area contributed by atoms with Crippen molar-refractivity contribution in [2.75, 3.05) is 13.2 Å². The van der Waals surface area contributed by atoms with E-state index in [1.807, 2.05) is 0 Å². The van der Waals surface area contributed by atoms with E-state index in [0.717, 1.165) is 69.2 Å². The highest BCUT2D eigenvalue weighted by atomic mass is 16.6. The summed E-state index contributed by atoms with van der Waals surface area (Å²) in [4.78, 5) is 18.1. The van der Waals surface area contributed by atoms with Gasteiger partial charge in [-0.05, 0) is 99.8 Å². The van der Waals surface area contributed by atoms with E-state index in [-0.39, 0.29) is 5.41 Å². The van der Waals surface area contributed by atoms with Gasteiger partial charge < -0.3 is 10.6 Å². The number of hydrogen-bond acceptors (Lipinski definition) is 4. The van der Waals surface area contributed by atoms with Crippen molar-refractivity contribution in [1.82, 2.24) is 0 Å². The summed E-state index contributed by atoms with van der Waals surface area (Å²) in [5.41, 5.74) is 7.25. The first kappa shape index (κ1) is 19.4. The number of unbranched alkanes of at least 4 members (excludes halogenated alkanes) is 1. The molecule has 4 heteroatoms. The molecule has 4 saturated carbocycles. The third kappa shape index (κ3) is 3.26. The van der Waals surface area contributed by atoms with Crippen LogP contribution in [-0.2, 0) is 9.63 Å². The molecule has 4 aliphatic rings. The van der Waals surface area contributed by atoms with Crippen molar-refractivity contribution in [3.05, 3.63) is 0 Å². The van der Waals surface area contributed by atoms with Gasteiger partial charge in [0.25, 0.3) is 0 Å². The molecule has 0 aromatic carbocycles. The first-order valence-corrected chi connectivity index (χ1v) is 11.4. The average molecular weight is 375 g/mol. The zero-order chi connectivity index (χ0) is 19.1. The monoisotopic (exact) mass is 374 g/mol. The van der Waals surface area contributed by atoms with Gasteiger partial charge in [0.05, 0.1) is 5.71 Å². The highest BCUT2D eigenvalue weighted by molar-refractivity contribution is 5.87. The van der Waals surface area contributed by atoms with Gasteiger partial charge in [0.15, 0.2) is 0 Å². The second-order valence-corrected chi connectivity index (χ2v) is 10.3. The highest BCUT2D eigenvalue weighted by Crippen LogP contribution is 2.65. The molecule has 0 spiro atoms. The quantitative estimate of drug-likeness (QED) is 0.560. The number of hydrogen-bond donors (Lipinski definition) is 1. The number of ketones is 1. The number of fused-ring (bicyclic) bond motifs is 5. The Kier molecular flexibility index (Phi) is 5.39. The van der Waals surface area contributed by atoms with Crippen LogP contribution >= 0.6 is 0 Å². The molecule has 0 heterocycles. The standard InChI is InChI=1S/C23H38N2O2/c1-22-11-9-17(25-27-14-4-3-13-24)15-16(22)5-6-18-19-7-8-21(26)23(19,2)12-10-20(18)22/h16,18-20H,3-15,24H2,1-2H3/b25-17-/t16?,18?,19?,20?,22-,23-/m0/s1. The molecule has 0 aliphatic heterocycles. The lowest BCUT2D eigenvalue weighted by molar-refractivity contribution is -0.137. The molecule has 2 N–H and O–H groups in total. The third-order valence-corrected chi connectivity index (χ3v) is 9.09. The second kappa shape index (κ2) is 7.50. The minimum atomic E-state index is 0.00299. The molecular weight excluding hydrogens is 336 g/mol. The minimum Gasteiger partial charge on any atom is -0.396 e. The Morgan fingerprint density at radius 2 is 1.93 bits per heavy atom. The van der Waals surface area contributed by atoms with Gasteiger partial charge in [-0.25, -0.2) is 0 Å². The molecule has 0 bridgehead atoms. The molecule has 27 heavy (non-hydrogen) atoms. The molecule has 4 fully saturated rings. The van der Waals surface area contributed by atoms with Gasteiger partial charge in [-0.15, -0.1) is 0 Å². The van der Waals surface area contributed by atoms with Crippen molar-refractivity contribution in [3.8, 4) is 0 Å². The Morgan fingerprint density at radius 1 is 1.07 bits per heavy atom. The molecule has 0 saturated heterocycles. The number of carbonyl (C=O) groups excluding carboxylic acids is 1. The average Bonchev–Trinajstić information content (AvgIpc) is 2.97. The van der Waals surface area contributed by atoms with Crippen LogP contribution in [0.1, 0.15) is 84.5 Å². The maximum absolute atomic E-state index is 12.5. The lowest BCUT2D eigenvalue weighted by Crippen LogP contribution is -2.53. The summed E-state index contributed by atoms with van der Waals surface area (Å²) in [6.45, 7) is 6.27. The number of Topliss-reactive ketones (excluding diaryl/α,β-unsaturated/α-hetero) is 1. The molecular formula is C23H38N2O2. The van der Waals surface area contributed by atoms with Gasteiger partial charge in [-0.3, -0.25) is 4.79 Å². The molecule has 152 valence electrons. The zero-order valence-corrected chi connectivity index (χ0v) is 17.3. The summed E-state index contributed by atoms with van der Waals surface area (Å²) in [5.74, 6) is 3.56. The van der Waals surface area contributed by atoms with Crippen molar-refractivity contribution in [1.29, 1.82) is 0 Å². The predicted octanol–water partition coefficient (Wildman–Crippen LogP) is 4.71. The van der Waals surface area contributed by atoms with Crippen LogP contribution in [0, 0.1) is 34.5 Å². The van der Waals surface area contributed by atoms with Gasteiger partial charge in [0, 0.05) is 11.8 Å². The number of nitrogens with two attached hydrogens (primary N) is 1. The number of oxime groups is 1. The first-order chi connectivity index (χ1) is 13.0. The van der Waals surface area contributed by atoms with Crippen LogP contribution < -0.4 is 5.73 Å². The van der Waals surface area contributed by atoms with Crippen molar-refractivity contribution < 1.29 is 9.63 Å². The lowest BCUT2D eigenvalue weighted by atomic mass is 9.45. The van der Waals surface area contributed by atoms with Crippen LogP contribution in [0.3, 0.4) is 0 Å². The summed E-state index contributed by atoms with van der Waals surface area (Å²) in [7, 11) is 0. The fourth-order valence-corrected chi connectivity index (χ4v) is 7.36. The zero-order valence-electron chi connectivity index (χ0n) is 17.3. The van der Waals surface area contributed by atoms with Gasteiger partial charge >= 0.3 is 0 Å². The molecule has 4 unspecified atom stereocenters. The lowest BCUT2D eigenvalue weighted by Gasteiger charge is -2.59.